The van der Waals surface area contributed by atoms with Crippen molar-refractivity contribution in [3.05, 3.63) is 24.4 Å². The van der Waals surface area contributed by atoms with Crippen molar-refractivity contribution in [2.45, 2.75) is 58.2 Å². The molecule has 0 atom stereocenters. The van der Waals surface area contributed by atoms with E-state index in [0.29, 0.717) is 44.3 Å². The number of piperidine rings is 1. The van der Waals surface area contributed by atoms with Crippen molar-refractivity contribution in [3.8, 4) is 11.5 Å². The minimum atomic E-state index is -0.284. The number of anilines is 1. The van der Waals surface area contributed by atoms with Crippen molar-refractivity contribution in [3.63, 3.8) is 0 Å². The predicted octanol–water partition coefficient (Wildman–Crippen LogP) is 2.44. The van der Waals surface area contributed by atoms with E-state index >= 15 is 0 Å². The Hall–Kier alpha value is -3.47. The zero-order valence-corrected chi connectivity index (χ0v) is 20.1. The first kappa shape index (κ1) is 23.3. The normalized spacial score (nSPS) is 17.6. The maximum Gasteiger partial charge on any atom is 0.273 e. The summed E-state index contributed by atoms with van der Waals surface area (Å²) in [7, 11) is 0. The molecule has 0 radical (unpaired) electrons. The van der Waals surface area contributed by atoms with Crippen LogP contribution in [0.4, 0.5) is 5.69 Å². The fourth-order valence-electron chi connectivity index (χ4n) is 4.72. The summed E-state index contributed by atoms with van der Waals surface area (Å²) in [6, 6.07) is 0.249. The Kier molecular flexibility index (Phi) is 6.67. The number of carbonyl (C=O) groups is 2. The lowest BCUT2D eigenvalue weighted by molar-refractivity contribution is -0.129. The number of rotatable bonds is 6. The summed E-state index contributed by atoms with van der Waals surface area (Å²) in [6.45, 7) is 7.01. The molecule has 0 aromatic carbocycles. The summed E-state index contributed by atoms with van der Waals surface area (Å²) in [5, 5.41) is 12.0. The highest BCUT2D eigenvalue weighted by atomic mass is 16.5. The van der Waals surface area contributed by atoms with Crippen molar-refractivity contribution < 1.29 is 18.7 Å². The number of aryl methyl sites for hydroxylation is 1. The van der Waals surface area contributed by atoms with Crippen LogP contribution in [0.5, 0.6) is 0 Å². The van der Waals surface area contributed by atoms with E-state index in [1.165, 1.54) is 6.26 Å². The standard InChI is InChI=1S/C24H31N7O4/c1-3-31-22-18(13-26-31)21(27-17-6-10-34-11-7-17)19(12-25-22)24-29-20(14-35-24)23(33)28-16-4-8-30(9-5-16)15(2)32/h12-14,16-17H,3-11H2,1-2H3,(H,25,27)(H,28,33). The Morgan fingerprint density at radius 1 is 1.11 bits per heavy atom. The molecule has 0 bridgehead atoms. The smallest absolute Gasteiger partial charge is 0.273 e. The quantitative estimate of drug-likeness (QED) is 0.550. The van der Waals surface area contributed by atoms with Crippen molar-refractivity contribution in [1.29, 1.82) is 0 Å². The molecule has 3 aromatic rings. The van der Waals surface area contributed by atoms with Gasteiger partial charge in [-0.15, -0.1) is 0 Å². The summed E-state index contributed by atoms with van der Waals surface area (Å²) in [5.74, 6) is 0.110. The average molecular weight is 482 g/mol. The third-order valence-corrected chi connectivity index (χ3v) is 6.78. The molecule has 2 saturated heterocycles. The van der Waals surface area contributed by atoms with E-state index in [1.807, 2.05) is 11.6 Å². The molecule has 5 rings (SSSR count). The van der Waals surface area contributed by atoms with Crippen LogP contribution in [-0.4, -0.2) is 74.8 Å². The number of pyridine rings is 1. The molecule has 0 saturated carbocycles. The van der Waals surface area contributed by atoms with E-state index in [9.17, 15) is 9.59 Å². The van der Waals surface area contributed by atoms with Crippen LogP contribution in [0.3, 0.4) is 0 Å². The molecule has 0 spiro atoms. The minimum absolute atomic E-state index is 0.00176. The molecular weight excluding hydrogens is 450 g/mol. The highest BCUT2D eigenvalue weighted by molar-refractivity contribution is 5.97. The number of likely N-dealkylation sites (tertiary alicyclic amines) is 1. The van der Waals surface area contributed by atoms with Gasteiger partial charge in [-0.25, -0.2) is 14.6 Å². The first-order valence-corrected chi connectivity index (χ1v) is 12.2. The summed E-state index contributed by atoms with van der Waals surface area (Å²) in [5.41, 5.74) is 2.54. The number of fused-ring (bicyclic) bond motifs is 1. The van der Waals surface area contributed by atoms with Gasteiger partial charge in [0.25, 0.3) is 5.91 Å². The molecule has 2 aliphatic heterocycles. The summed E-state index contributed by atoms with van der Waals surface area (Å²) in [4.78, 5) is 35.3. The number of hydrogen-bond donors (Lipinski definition) is 2. The third kappa shape index (κ3) is 4.86. The van der Waals surface area contributed by atoms with Gasteiger partial charge in [0.1, 0.15) is 6.26 Å². The molecule has 11 nitrogen and oxygen atoms in total. The molecule has 0 aliphatic carbocycles. The van der Waals surface area contributed by atoms with Gasteiger partial charge in [0.15, 0.2) is 11.3 Å². The SMILES string of the molecule is CCn1ncc2c(NC3CCOCC3)c(-c3nc(C(=O)NC4CCN(C(C)=O)CC4)co3)cnc21. The van der Waals surface area contributed by atoms with Gasteiger partial charge in [-0.2, -0.15) is 5.10 Å². The molecule has 2 aliphatic rings. The Morgan fingerprint density at radius 2 is 1.89 bits per heavy atom. The molecule has 186 valence electrons. The minimum Gasteiger partial charge on any atom is -0.443 e. The number of oxazole rings is 1. The zero-order valence-electron chi connectivity index (χ0n) is 20.1. The van der Waals surface area contributed by atoms with Crippen LogP contribution in [-0.2, 0) is 16.1 Å². The first-order valence-electron chi connectivity index (χ1n) is 12.2. The highest BCUT2D eigenvalue weighted by Gasteiger charge is 2.25. The molecule has 5 heterocycles. The molecule has 35 heavy (non-hydrogen) atoms. The van der Waals surface area contributed by atoms with Crippen LogP contribution in [0, 0.1) is 0 Å². The maximum absolute atomic E-state index is 12.9. The van der Waals surface area contributed by atoms with Gasteiger partial charge < -0.3 is 24.7 Å². The van der Waals surface area contributed by atoms with Crippen LogP contribution in [0.25, 0.3) is 22.5 Å². The lowest BCUT2D eigenvalue weighted by atomic mass is 10.0. The van der Waals surface area contributed by atoms with Gasteiger partial charge in [0, 0.05) is 58.1 Å². The van der Waals surface area contributed by atoms with E-state index < -0.39 is 0 Å². The average Bonchev–Trinajstić information content (AvgIpc) is 3.53. The number of nitrogens with zero attached hydrogens (tertiary/aromatic N) is 5. The van der Waals surface area contributed by atoms with E-state index in [4.69, 9.17) is 9.15 Å². The van der Waals surface area contributed by atoms with E-state index in [2.05, 4.69) is 25.7 Å². The lowest BCUT2D eigenvalue weighted by Gasteiger charge is -2.31. The van der Waals surface area contributed by atoms with Gasteiger partial charge in [-0.1, -0.05) is 0 Å². The third-order valence-electron chi connectivity index (χ3n) is 6.78. The van der Waals surface area contributed by atoms with E-state index in [0.717, 1.165) is 42.4 Å². The van der Waals surface area contributed by atoms with Crippen molar-refractivity contribution in [2.24, 2.45) is 0 Å². The monoisotopic (exact) mass is 481 g/mol. The van der Waals surface area contributed by atoms with Crippen LogP contribution < -0.4 is 10.6 Å². The Bertz CT molecular complexity index is 1210. The number of amides is 2. The summed E-state index contributed by atoms with van der Waals surface area (Å²) >= 11 is 0. The van der Waals surface area contributed by atoms with Crippen molar-refractivity contribution in [2.75, 3.05) is 31.6 Å². The number of nitrogens with one attached hydrogen (secondary N) is 2. The second-order valence-corrected chi connectivity index (χ2v) is 9.07. The number of ether oxygens (including phenoxy) is 1. The second-order valence-electron chi connectivity index (χ2n) is 9.07. The van der Waals surface area contributed by atoms with Gasteiger partial charge in [-0.3, -0.25) is 9.59 Å². The largest absolute Gasteiger partial charge is 0.443 e. The molecule has 2 N–H and O–H groups in total. The molecule has 2 amide bonds. The molecule has 3 aromatic heterocycles. The van der Waals surface area contributed by atoms with Gasteiger partial charge in [0.05, 0.1) is 22.8 Å². The van der Waals surface area contributed by atoms with Crippen molar-refractivity contribution >= 4 is 28.5 Å². The van der Waals surface area contributed by atoms with E-state index in [1.54, 1.807) is 24.2 Å². The maximum atomic E-state index is 12.9. The van der Waals surface area contributed by atoms with Crippen LogP contribution in [0.1, 0.15) is 50.0 Å². The Balaban J connectivity index is 1.37. The number of hydrogen-bond acceptors (Lipinski definition) is 8. The van der Waals surface area contributed by atoms with Crippen molar-refractivity contribution in [1.82, 2.24) is 30.0 Å². The number of aromatic nitrogens is 4. The molecule has 11 heteroatoms. The number of carbonyl (C=O) groups excluding carboxylic acids is 2. The Morgan fingerprint density at radius 3 is 2.60 bits per heavy atom. The van der Waals surface area contributed by atoms with Crippen LogP contribution in [0.2, 0.25) is 0 Å². The Labute approximate surface area is 203 Å². The highest BCUT2D eigenvalue weighted by Crippen LogP contribution is 2.34. The summed E-state index contributed by atoms with van der Waals surface area (Å²) < 4.78 is 13.1. The van der Waals surface area contributed by atoms with Gasteiger partial charge in [-0.05, 0) is 32.6 Å². The second kappa shape index (κ2) is 10.0. The topological polar surface area (TPSA) is 127 Å². The zero-order chi connectivity index (χ0) is 24.4. The summed E-state index contributed by atoms with van der Waals surface area (Å²) in [6.07, 6.45) is 8.14. The lowest BCUT2D eigenvalue weighted by Crippen LogP contribution is -2.46. The van der Waals surface area contributed by atoms with Crippen LogP contribution in [0.15, 0.2) is 23.1 Å². The fourth-order valence-corrected chi connectivity index (χ4v) is 4.72. The molecular formula is C24H31N7O4. The predicted molar refractivity (Wildman–Crippen MR) is 129 cm³/mol. The van der Waals surface area contributed by atoms with Gasteiger partial charge in [0.2, 0.25) is 11.8 Å². The molecule has 0 unspecified atom stereocenters. The van der Waals surface area contributed by atoms with Gasteiger partial charge >= 0.3 is 0 Å². The fraction of sp³-hybridized carbons (Fsp3) is 0.542. The van der Waals surface area contributed by atoms with E-state index in [-0.39, 0.29) is 29.6 Å². The first-order chi connectivity index (χ1) is 17.0. The van der Waals surface area contributed by atoms with Crippen LogP contribution >= 0.6 is 0 Å². The molecule has 2 fully saturated rings.